The second kappa shape index (κ2) is 7.80. The summed E-state index contributed by atoms with van der Waals surface area (Å²) in [6.45, 7) is 4.20. The second-order valence-corrected chi connectivity index (χ2v) is 7.03. The summed E-state index contributed by atoms with van der Waals surface area (Å²) < 4.78 is 0. The van der Waals surface area contributed by atoms with Crippen LogP contribution in [0.5, 0.6) is 0 Å². The number of carbonyl (C=O) groups excluding carboxylic acids is 3. The summed E-state index contributed by atoms with van der Waals surface area (Å²) in [5.74, 6) is -1.56. The van der Waals surface area contributed by atoms with Crippen molar-refractivity contribution in [1.29, 1.82) is 0 Å². The van der Waals surface area contributed by atoms with E-state index in [2.05, 4.69) is 10.9 Å². The summed E-state index contributed by atoms with van der Waals surface area (Å²) in [5, 5.41) is 0.293. The van der Waals surface area contributed by atoms with Gasteiger partial charge in [0.15, 0.2) is 0 Å². The number of nitrogens with one attached hydrogen (secondary N) is 2. The molecule has 1 heterocycles. The Balaban J connectivity index is 1.62. The molecule has 1 aliphatic heterocycles. The topological polar surface area (TPSA) is 78.5 Å². The molecule has 1 saturated heterocycles. The van der Waals surface area contributed by atoms with E-state index in [0.29, 0.717) is 5.02 Å². The molecular formula is C20H20ClN3O3. The Bertz CT molecular complexity index is 913. The highest BCUT2D eigenvalue weighted by molar-refractivity contribution is 6.33. The van der Waals surface area contributed by atoms with E-state index in [9.17, 15) is 14.4 Å². The molecule has 1 atom stereocenters. The van der Waals surface area contributed by atoms with Crippen LogP contribution < -0.4 is 15.8 Å². The molecular weight excluding hydrogens is 366 g/mol. The number of halogens is 1. The molecule has 0 radical (unpaired) electrons. The molecule has 0 saturated carbocycles. The van der Waals surface area contributed by atoms with Crippen LogP contribution in [-0.4, -0.2) is 24.3 Å². The molecule has 0 aromatic heterocycles. The molecule has 2 aromatic carbocycles. The number of hydrogen-bond acceptors (Lipinski definition) is 3. The Kier molecular flexibility index (Phi) is 5.46. The third kappa shape index (κ3) is 4.11. The second-order valence-electron chi connectivity index (χ2n) is 6.62. The molecule has 0 spiro atoms. The number of rotatable bonds is 3. The highest BCUT2D eigenvalue weighted by atomic mass is 35.5. The Morgan fingerprint density at radius 3 is 2.56 bits per heavy atom. The van der Waals surface area contributed by atoms with Crippen molar-refractivity contribution in [2.75, 3.05) is 11.4 Å². The quantitative estimate of drug-likeness (QED) is 0.797. The zero-order chi connectivity index (χ0) is 19.6. The van der Waals surface area contributed by atoms with Gasteiger partial charge < -0.3 is 4.90 Å². The third-order valence-corrected chi connectivity index (χ3v) is 4.89. The van der Waals surface area contributed by atoms with Crippen LogP contribution in [0.2, 0.25) is 5.02 Å². The van der Waals surface area contributed by atoms with Crippen LogP contribution in [0.15, 0.2) is 42.5 Å². The smallest absolute Gasteiger partial charge is 0.271 e. The van der Waals surface area contributed by atoms with Gasteiger partial charge in [-0.05, 0) is 37.6 Å². The van der Waals surface area contributed by atoms with Gasteiger partial charge in [0.05, 0.1) is 16.5 Å². The number of amides is 3. The first-order valence-electron chi connectivity index (χ1n) is 8.59. The highest BCUT2D eigenvalue weighted by Crippen LogP contribution is 2.28. The first-order chi connectivity index (χ1) is 12.9. The van der Waals surface area contributed by atoms with Gasteiger partial charge in [-0.2, -0.15) is 0 Å². The summed E-state index contributed by atoms with van der Waals surface area (Å²) >= 11 is 5.97. The minimum Gasteiger partial charge on any atom is -0.311 e. The van der Waals surface area contributed by atoms with E-state index in [1.54, 1.807) is 29.2 Å². The van der Waals surface area contributed by atoms with E-state index >= 15 is 0 Å². The molecule has 1 fully saturated rings. The highest BCUT2D eigenvalue weighted by Gasteiger charge is 2.35. The van der Waals surface area contributed by atoms with Crippen LogP contribution in [0.3, 0.4) is 0 Å². The van der Waals surface area contributed by atoms with Crippen molar-refractivity contribution in [1.82, 2.24) is 10.9 Å². The van der Waals surface area contributed by atoms with Crippen molar-refractivity contribution >= 4 is 35.0 Å². The lowest BCUT2D eigenvalue weighted by Crippen LogP contribution is -2.45. The minimum absolute atomic E-state index is 0.0983. The molecule has 0 bridgehead atoms. The standard InChI is InChI=1S/C20H20ClN3O3/c1-12-7-8-17(13(2)9-12)24-11-14(10-18(24)25)19(26)22-23-20(27)15-5-3-4-6-16(15)21/h3-9,14H,10-11H2,1-2H3,(H,22,26)(H,23,27)/t14-/m0/s1. The number of benzene rings is 2. The summed E-state index contributed by atoms with van der Waals surface area (Å²) in [6.07, 6.45) is 0.0983. The van der Waals surface area contributed by atoms with Crippen molar-refractivity contribution in [3.63, 3.8) is 0 Å². The summed E-state index contributed by atoms with van der Waals surface area (Å²) in [6, 6.07) is 12.4. The minimum atomic E-state index is -0.537. The van der Waals surface area contributed by atoms with Crippen molar-refractivity contribution < 1.29 is 14.4 Å². The molecule has 3 amide bonds. The predicted octanol–water partition coefficient (Wildman–Crippen LogP) is 2.77. The lowest BCUT2D eigenvalue weighted by Gasteiger charge is -2.19. The number of nitrogens with zero attached hydrogens (tertiary/aromatic N) is 1. The fourth-order valence-corrected chi connectivity index (χ4v) is 3.38. The molecule has 2 aromatic rings. The lowest BCUT2D eigenvalue weighted by atomic mass is 10.1. The van der Waals surface area contributed by atoms with Gasteiger partial charge in [-0.3, -0.25) is 25.2 Å². The van der Waals surface area contributed by atoms with Crippen LogP contribution in [0, 0.1) is 19.8 Å². The predicted molar refractivity (Wildman–Crippen MR) is 103 cm³/mol. The normalized spacial score (nSPS) is 16.3. The van der Waals surface area contributed by atoms with Crippen molar-refractivity contribution in [3.8, 4) is 0 Å². The maximum Gasteiger partial charge on any atom is 0.271 e. The van der Waals surface area contributed by atoms with Crippen LogP contribution in [0.4, 0.5) is 5.69 Å². The number of hydrazine groups is 1. The molecule has 0 aliphatic carbocycles. The molecule has 0 unspecified atom stereocenters. The molecule has 7 heteroatoms. The van der Waals surface area contributed by atoms with Gasteiger partial charge in [0.25, 0.3) is 5.91 Å². The third-order valence-electron chi connectivity index (χ3n) is 4.56. The maximum atomic E-state index is 12.4. The molecule has 3 rings (SSSR count). The van der Waals surface area contributed by atoms with Gasteiger partial charge in [0.2, 0.25) is 11.8 Å². The average Bonchev–Trinajstić information content (AvgIpc) is 3.01. The van der Waals surface area contributed by atoms with Crippen molar-refractivity contribution in [2.24, 2.45) is 5.92 Å². The van der Waals surface area contributed by atoms with E-state index in [4.69, 9.17) is 11.6 Å². The Morgan fingerprint density at radius 2 is 1.85 bits per heavy atom. The average molecular weight is 386 g/mol. The molecule has 6 nitrogen and oxygen atoms in total. The maximum absolute atomic E-state index is 12.4. The van der Waals surface area contributed by atoms with Crippen molar-refractivity contribution in [2.45, 2.75) is 20.3 Å². The van der Waals surface area contributed by atoms with Crippen LogP contribution in [0.1, 0.15) is 27.9 Å². The van der Waals surface area contributed by atoms with Crippen molar-refractivity contribution in [3.05, 3.63) is 64.2 Å². The molecule has 2 N–H and O–H groups in total. The van der Waals surface area contributed by atoms with Crippen LogP contribution in [0.25, 0.3) is 0 Å². The summed E-state index contributed by atoms with van der Waals surface area (Å²) in [4.78, 5) is 38.5. The fraction of sp³-hybridized carbons (Fsp3) is 0.250. The van der Waals surface area contributed by atoms with Gasteiger partial charge >= 0.3 is 0 Å². The zero-order valence-electron chi connectivity index (χ0n) is 15.1. The van der Waals surface area contributed by atoms with E-state index < -0.39 is 17.7 Å². The molecule has 1 aliphatic rings. The number of anilines is 1. The molecule has 27 heavy (non-hydrogen) atoms. The largest absolute Gasteiger partial charge is 0.311 e. The van der Waals surface area contributed by atoms with E-state index in [1.807, 2.05) is 32.0 Å². The summed E-state index contributed by atoms with van der Waals surface area (Å²) in [7, 11) is 0. The number of aryl methyl sites for hydroxylation is 2. The van der Waals surface area contributed by atoms with Gasteiger partial charge in [-0.15, -0.1) is 0 Å². The number of hydrogen-bond donors (Lipinski definition) is 2. The fourth-order valence-electron chi connectivity index (χ4n) is 3.16. The SMILES string of the molecule is Cc1ccc(N2C[C@@H](C(=O)NNC(=O)c3ccccc3Cl)CC2=O)c(C)c1. The van der Waals surface area contributed by atoms with Gasteiger partial charge in [0.1, 0.15) is 0 Å². The monoisotopic (exact) mass is 385 g/mol. The van der Waals surface area contributed by atoms with E-state index in [-0.39, 0.29) is 24.4 Å². The Morgan fingerprint density at radius 1 is 1.11 bits per heavy atom. The first-order valence-corrected chi connectivity index (χ1v) is 8.97. The van der Waals surface area contributed by atoms with Crippen LogP contribution in [-0.2, 0) is 9.59 Å². The lowest BCUT2D eigenvalue weighted by molar-refractivity contribution is -0.126. The van der Waals surface area contributed by atoms with E-state index in [1.165, 1.54) is 0 Å². The Hall–Kier alpha value is -2.86. The van der Waals surface area contributed by atoms with Gasteiger partial charge in [-0.25, -0.2) is 0 Å². The van der Waals surface area contributed by atoms with Gasteiger partial charge in [0, 0.05) is 18.7 Å². The van der Waals surface area contributed by atoms with Crippen LogP contribution >= 0.6 is 11.6 Å². The summed E-state index contributed by atoms with van der Waals surface area (Å²) in [5.41, 5.74) is 7.91. The molecule has 140 valence electrons. The van der Waals surface area contributed by atoms with E-state index in [0.717, 1.165) is 16.8 Å². The number of carbonyl (C=O) groups is 3. The Labute approximate surface area is 162 Å². The van der Waals surface area contributed by atoms with Gasteiger partial charge in [-0.1, -0.05) is 41.4 Å². The zero-order valence-corrected chi connectivity index (χ0v) is 15.8. The first kappa shape index (κ1) is 18.9.